The molecular weight excluding hydrogens is 254 g/mol. The molecule has 0 bridgehead atoms. The van der Waals surface area contributed by atoms with E-state index in [1.807, 2.05) is 0 Å². The van der Waals surface area contributed by atoms with E-state index in [0.29, 0.717) is 26.1 Å². The van der Waals surface area contributed by atoms with Crippen LogP contribution in [-0.2, 0) is 4.74 Å². The summed E-state index contributed by atoms with van der Waals surface area (Å²) in [4.78, 5) is 13.1. The van der Waals surface area contributed by atoms with E-state index in [2.05, 4.69) is 5.32 Å². The smallest absolute Gasteiger partial charge is 0.410 e. The summed E-state index contributed by atoms with van der Waals surface area (Å²) >= 11 is 0. The van der Waals surface area contributed by atoms with Crippen LogP contribution in [0.25, 0.3) is 0 Å². The van der Waals surface area contributed by atoms with Crippen LogP contribution in [0.15, 0.2) is 0 Å². The maximum atomic E-state index is 14.5. The van der Waals surface area contributed by atoms with Crippen molar-refractivity contribution in [1.82, 2.24) is 10.2 Å². The molecule has 0 aliphatic carbocycles. The number of rotatable bonds is 0. The minimum Gasteiger partial charge on any atom is -0.444 e. The van der Waals surface area contributed by atoms with Gasteiger partial charge in [-0.3, -0.25) is 4.90 Å². The molecule has 2 heterocycles. The largest absolute Gasteiger partial charge is 0.444 e. The van der Waals surface area contributed by atoms with Crippen molar-refractivity contribution in [1.29, 1.82) is 0 Å². The minimum atomic E-state index is -2.88. The number of halogens is 2. The molecular formula is C13H22F2N2O2. The monoisotopic (exact) mass is 276 g/mol. The van der Waals surface area contributed by atoms with E-state index in [1.165, 1.54) is 6.92 Å². The lowest BCUT2D eigenvalue weighted by Crippen LogP contribution is -2.72. The van der Waals surface area contributed by atoms with E-state index < -0.39 is 29.1 Å². The van der Waals surface area contributed by atoms with Gasteiger partial charge in [0, 0.05) is 19.6 Å². The summed E-state index contributed by atoms with van der Waals surface area (Å²) in [5, 5.41) is 2.92. The first-order valence-electron chi connectivity index (χ1n) is 6.67. The van der Waals surface area contributed by atoms with Crippen LogP contribution in [0.1, 0.15) is 34.1 Å². The molecule has 0 aromatic heterocycles. The zero-order chi connectivity index (χ0) is 14.5. The average molecular weight is 276 g/mol. The zero-order valence-corrected chi connectivity index (χ0v) is 11.9. The second-order valence-corrected chi connectivity index (χ2v) is 6.61. The molecule has 4 nitrogen and oxygen atoms in total. The highest BCUT2D eigenvalue weighted by Gasteiger charge is 2.64. The van der Waals surface area contributed by atoms with Gasteiger partial charge in [-0.05, 0) is 34.1 Å². The maximum Gasteiger partial charge on any atom is 0.410 e. The fourth-order valence-corrected chi connectivity index (χ4v) is 2.74. The number of likely N-dealkylation sites (tertiary alicyclic amines) is 1. The van der Waals surface area contributed by atoms with Crippen molar-refractivity contribution in [2.24, 2.45) is 5.41 Å². The Morgan fingerprint density at radius 1 is 1.37 bits per heavy atom. The minimum absolute atomic E-state index is 0.316. The Morgan fingerprint density at radius 3 is 2.37 bits per heavy atom. The van der Waals surface area contributed by atoms with Crippen LogP contribution < -0.4 is 5.32 Å². The summed E-state index contributed by atoms with van der Waals surface area (Å²) in [5.41, 5.74) is -1.65. The SMILES string of the molecule is CC1N(C(=O)OC(C)(C)C)CCC2(CNC2)C1(F)F. The number of alkyl halides is 2. The third kappa shape index (κ3) is 2.30. The van der Waals surface area contributed by atoms with Crippen LogP contribution in [-0.4, -0.2) is 48.2 Å². The molecule has 2 rings (SSSR count). The average Bonchev–Trinajstić information content (AvgIpc) is 2.16. The summed E-state index contributed by atoms with van der Waals surface area (Å²) in [7, 11) is 0. The summed E-state index contributed by atoms with van der Waals surface area (Å²) in [6, 6.07) is -1.13. The highest BCUT2D eigenvalue weighted by Crippen LogP contribution is 2.49. The molecule has 0 aromatic rings. The number of hydrogen-bond donors (Lipinski definition) is 1. The topological polar surface area (TPSA) is 41.6 Å². The van der Waals surface area contributed by atoms with Gasteiger partial charge >= 0.3 is 6.09 Å². The van der Waals surface area contributed by atoms with Gasteiger partial charge in [0.25, 0.3) is 5.92 Å². The fraction of sp³-hybridized carbons (Fsp3) is 0.923. The summed E-state index contributed by atoms with van der Waals surface area (Å²) < 4.78 is 34.1. The molecule has 2 aliphatic heterocycles. The first kappa shape index (κ1) is 14.5. The quantitative estimate of drug-likeness (QED) is 0.738. The molecule has 2 saturated heterocycles. The van der Waals surface area contributed by atoms with Gasteiger partial charge in [0.15, 0.2) is 0 Å². The van der Waals surface area contributed by atoms with Crippen molar-refractivity contribution in [3.63, 3.8) is 0 Å². The van der Waals surface area contributed by atoms with Gasteiger partial charge in [0.1, 0.15) is 5.60 Å². The van der Waals surface area contributed by atoms with E-state index in [-0.39, 0.29) is 0 Å². The third-order valence-electron chi connectivity index (χ3n) is 4.09. The standard InChI is InChI=1S/C13H22F2N2O2/c1-9-13(14,15)12(7-16-8-12)5-6-17(9)10(18)19-11(2,3)4/h9,16H,5-8H2,1-4H3. The number of carbonyl (C=O) groups is 1. The molecule has 0 radical (unpaired) electrons. The number of nitrogens with zero attached hydrogens (tertiary/aromatic N) is 1. The normalized spacial score (nSPS) is 28.9. The zero-order valence-electron chi connectivity index (χ0n) is 11.9. The molecule has 2 aliphatic rings. The Morgan fingerprint density at radius 2 is 1.95 bits per heavy atom. The number of ether oxygens (including phenoxy) is 1. The van der Waals surface area contributed by atoms with Crippen molar-refractivity contribution in [2.75, 3.05) is 19.6 Å². The second-order valence-electron chi connectivity index (χ2n) is 6.61. The summed E-state index contributed by atoms with van der Waals surface area (Å²) in [5.74, 6) is -2.88. The lowest BCUT2D eigenvalue weighted by Gasteiger charge is -2.55. The first-order valence-corrected chi connectivity index (χ1v) is 6.67. The van der Waals surface area contributed by atoms with Crippen molar-refractivity contribution >= 4 is 6.09 Å². The Bertz CT molecular complexity index is 375. The van der Waals surface area contributed by atoms with Crippen LogP contribution in [0.2, 0.25) is 0 Å². The first-order chi connectivity index (χ1) is 8.59. The highest BCUT2D eigenvalue weighted by molar-refractivity contribution is 5.69. The molecule has 1 N–H and O–H groups in total. The number of nitrogens with one attached hydrogen (secondary N) is 1. The number of carbonyl (C=O) groups excluding carboxylic acids is 1. The molecule has 1 atom stereocenters. The lowest BCUT2D eigenvalue weighted by molar-refractivity contribution is -0.212. The van der Waals surface area contributed by atoms with Crippen molar-refractivity contribution in [2.45, 2.75) is 51.7 Å². The van der Waals surface area contributed by atoms with E-state index in [9.17, 15) is 13.6 Å². The second kappa shape index (κ2) is 4.30. The van der Waals surface area contributed by atoms with Crippen LogP contribution in [0, 0.1) is 5.41 Å². The molecule has 110 valence electrons. The van der Waals surface area contributed by atoms with Gasteiger partial charge in [-0.2, -0.15) is 0 Å². The van der Waals surface area contributed by atoms with Crippen LogP contribution in [0.4, 0.5) is 13.6 Å². The fourth-order valence-electron chi connectivity index (χ4n) is 2.74. The number of hydrogen-bond acceptors (Lipinski definition) is 3. The van der Waals surface area contributed by atoms with Crippen LogP contribution in [0.5, 0.6) is 0 Å². The molecule has 0 saturated carbocycles. The van der Waals surface area contributed by atoms with Gasteiger partial charge in [-0.25, -0.2) is 13.6 Å². The van der Waals surface area contributed by atoms with E-state index in [1.54, 1.807) is 20.8 Å². The maximum absolute atomic E-state index is 14.5. The van der Waals surface area contributed by atoms with E-state index in [4.69, 9.17) is 4.74 Å². The summed E-state index contributed by atoms with van der Waals surface area (Å²) in [6.07, 6.45) is -0.335. The summed E-state index contributed by atoms with van der Waals surface area (Å²) in [6.45, 7) is 7.58. The van der Waals surface area contributed by atoms with Crippen LogP contribution >= 0.6 is 0 Å². The van der Waals surface area contributed by atoms with Crippen LogP contribution in [0.3, 0.4) is 0 Å². The Labute approximate surface area is 112 Å². The molecule has 19 heavy (non-hydrogen) atoms. The molecule has 2 fully saturated rings. The molecule has 1 amide bonds. The molecule has 1 unspecified atom stereocenters. The third-order valence-corrected chi connectivity index (χ3v) is 4.09. The Balaban J connectivity index is 2.12. The Hall–Kier alpha value is -0.910. The van der Waals surface area contributed by atoms with Gasteiger partial charge < -0.3 is 10.1 Å². The predicted octanol–water partition coefficient (Wildman–Crippen LogP) is 2.24. The Kier molecular flexibility index (Phi) is 3.28. The molecule has 1 spiro atoms. The highest BCUT2D eigenvalue weighted by atomic mass is 19.3. The van der Waals surface area contributed by atoms with E-state index >= 15 is 0 Å². The van der Waals surface area contributed by atoms with Crippen molar-refractivity contribution < 1.29 is 18.3 Å². The van der Waals surface area contributed by atoms with Gasteiger partial charge in [-0.15, -0.1) is 0 Å². The molecule has 6 heteroatoms. The van der Waals surface area contributed by atoms with Gasteiger partial charge in [0.2, 0.25) is 0 Å². The lowest BCUT2D eigenvalue weighted by atomic mass is 9.68. The van der Waals surface area contributed by atoms with E-state index in [0.717, 1.165) is 4.90 Å². The molecule has 0 aromatic carbocycles. The number of amides is 1. The van der Waals surface area contributed by atoms with Gasteiger partial charge in [-0.1, -0.05) is 0 Å². The van der Waals surface area contributed by atoms with Gasteiger partial charge in [0.05, 0.1) is 11.5 Å². The number of piperidine rings is 1. The van der Waals surface area contributed by atoms with Crippen molar-refractivity contribution in [3.05, 3.63) is 0 Å². The predicted molar refractivity (Wildman–Crippen MR) is 67.3 cm³/mol. The van der Waals surface area contributed by atoms with Crippen molar-refractivity contribution in [3.8, 4) is 0 Å².